The average Bonchev–Trinajstić information content (AvgIpc) is 3.03. The molecule has 0 aromatic heterocycles. The topological polar surface area (TPSA) is 46.5 Å². The predicted molar refractivity (Wildman–Crippen MR) is 63.2 cm³/mol. The molecule has 3 nitrogen and oxygen atoms in total. The summed E-state index contributed by atoms with van der Waals surface area (Å²) in [6, 6.07) is 4.21. The van der Waals surface area contributed by atoms with Crippen molar-refractivity contribution in [1.29, 1.82) is 0 Å². The van der Waals surface area contributed by atoms with Crippen molar-refractivity contribution in [2.45, 2.75) is 43.6 Å². The Hall–Kier alpha value is -1.58. The predicted octanol–water partition coefficient (Wildman–Crippen LogP) is 2.87. The maximum absolute atomic E-state index is 13.4. The van der Waals surface area contributed by atoms with Gasteiger partial charge in [-0.25, -0.2) is 4.39 Å². The van der Waals surface area contributed by atoms with Crippen LogP contribution in [-0.2, 0) is 10.2 Å². The Kier molecular flexibility index (Phi) is 2.54. The van der Waals surface area contributed by atoms with E-state index in [2.05, 4.69) is 0 Å². The van der Waals surface area contributed by atoms with E-state index in [9.17, 15) is 14.3 Å². The number of carbonyl (C=O) groups is 1. The lowest BCUT2D eigenvalue weighted by Gasteiger charge is -2.39. The van der Waals surface area contributed by atoms with E-state index >= 15 is 0 Å². The highest BCUT2D eigenvalue weighted by Gasteiger charge is 2.48. The number of carboxylic acid groups (broad SMARTS) is 1. The molecule has 1 N–H and O–H groups in total. The highest BCUT2D eigenvalue weighted by molar-refractivity contribution is 5.83. The summed E-state index contributed by atoms with van der Waals surface area (Å²) < 4.78 is 19.1. The van der Waals surface area contributed by atoms with Crippen LogP contribution < -0.4 is 4.74 Å². The van der Waals surface area contributed by atoms with Gasteiger partial charge >= 0.3 is 5.97 Å². The second-order valence-electron chi connectivity index (χ2n) is 5.20. The average molecular weight is 250 g/mol. The second-order valence-corrected chi connectivity index (χ2v) is 5.20. The third-order valence-corrected chi connectivity index (χ3v) is 3.89. The van der Waals surface area contributed by atoms with E-state index in [1.807, 2.05) is 0 Å². The van der Waals surface area contributed by atoms with Crippen LogP contribution in [0, 0.1) is 5.82 Å². The summed E-state index contributed by atoms with van der Waals surface area (Å²) in [5.74, 6) is -0.735. The van der Waals surface area contributed by atoms with Gasteiger partial charge in [0.15, 0.2) is 0 Å². The van der Waals surface area contributed by atoms with Gasteiger partial charge < -0.3 is 9.84 Å². The number of ether oxygens (including phenoxy) is 1. The van der Waals surface area contributed by atoms with Crippen LogP contribution in [0.1, 0.15) is 37.7 Å². The van der Waals surface area contributed by atoms with E-state index in [0.29, 0.717) is 24.2 Å². The second kappa shape index (κ2) is 3.97. The molecule has 0 heterocycles. The van der Waals surface area contributed by atoms with Crippen molar-refractivity contribution in [3.8, 4) is 5.75 Å². The van der Waals surface area contributed by atoms with Crippen molar-refractivity contribution in [2.75, 3.05) is 0 Å². The third-order valence-electron chi connectivity index (χ3n) is 3.89. The Labute approximate surface area is 105 Å². The Balaban J connectivity index is 2.02. The number of aliphatic carboxylic acids is 1. The summed E-state index contributed by atoms with van der Waals surface area (Å²) in [5.41, 5.74) is -0.431. The minimum atomic E-state index is -0.938. The maximum atomic E-state index is 13.4. The number of halogens is 1. The Morgan fingerprint density at radius 3 is 2.61 bits per heavy atom. The molecule has 4 heteroatoms. The number of benzene rings is 1. The minimum absolute atomic E-state index is 0.181. The van der Waals surface area contributed by atoms with Crippen LogP contribution >= 0.6 is 0 Å². The lowest BCUT2D eigenvalue weighted by molar-refractivity contribution is -0.147. The molecule has 0 atom stereocenters. The van der Waals surface area contributed by atoms with Gasteiger partial charge in [-0.1, -0.05) is 6.42 Å². The van der Waals surface area contributed by atoms with Crippen molar-refractivity contribution < 1.29 is 19.0 Å². The van der Waals surface area contributed by atoms with Gasteiger partial charge in [0.2, 0.25) is 0 Å². The van der Waals surface area contributed by atoms with E-state index < -0.39 is 17.2 Å². The Bertz CT molecular complexity index is 490. The van der Waals surface area contributed by atoms with Crippen LogP contribution in [0.5, 0.6) is 5.75 Å². The number of hydrogen-bond acceptors (Lipinski definition) is 2. The molecule has 2 saturated carbocycles. The molecule has 3 rings (SSSR count). The molecule has 18 heavy (non-hydrogen) atoms. The van der Waals surface area contributed by atoms with Crippen LogP contribution in [0.15, 0.2) is 18.2 Å². The minimum Gasteiger partial charge on any atom is -0.490 e. The van der Waals surface area contributed by atoms with E-state index in [0.717, 1.165) is 19.3 Å². The van der Waals surface area contributed by atoms with E-state index in [4.69, 9.17) is 4.74 Å². The number of rotatable bonds is 4. The van der Waals surface area contributed by atoms with Crippen LogP contribution in [-0.4, -0.2) is 17.2 Å². The largest absolute Gasteiger partial charge is 0.490 e. The molecule has 0 saturated heterocycles. The zero-order valence-electron chi connectivity index (χ0n) is 9.99. The lowest BCUT2D eigenvalue weighted by atomic mass is 9.64. The monoisotopic (exact) mass is 250 g/mol. The zero-order valence-corrected chi connectivity index (χ0v) is 9.99. The summed E-state index contributed by atoms with van der Waals surface area (Å²) in [4.78, 5) is 11.5. The molecule has 1 aromatic rings. The fourth-order valence-electron chi connectivity index (χ4n) is 2.47. The standard InChI is InChI=1S/C14H15FO3/c15-9-2-5-12(18-10-3-4-10)11(8-9)14(13(16)17)6-1-7-14/h2,5,8,10H,1,3-4,6-7H2,(H,16,17). The molecule has 2 aliphatic rings. The molecular formula is C14H15FO3. The highest BCUT2D eigenvalue weighted by atomic mass is 19.1. The molecule has 0 spiro atoms. The molecule has 96 valence electrons. The van der Waals surface area contributed by atoms with Crippen LogP contribution in [0.2, 0.25) is 0 Å². The molecule has 0 amide bonds. The first kappa shape index (κ1) is 11.5. The van der Waals surface area contributed by atoms with Crippen molar-refractivity contribution in [3.63, 3.8) is 0 Å². The fourth-order valence-corrected chi connectivity index (χ4v) is 2.47. The van der Waals surface area contributed by atoms with E-state index in [1.165, 1.54) is 12.1 Å². The summed E-state index contributed by atoms with van der Waals surface area (Å²) in [6.45, 7) is 0. The SMILES string of the molecule is O=C(O)C1(c2cc(F)ccc2OC2CC2)CCC1. The van der Waals surface area contributed by atoms with Gasteiger partial charge in [0.25, 0.3) is 0 Å². The van der Waals surface area contributed by atoms with Crippen LogP contribution in [0.4, 0.5) is 4.39 Å². The van der Waals surface area contributed by atoms with Crippen LogP contribution in [0.3, 0.4) is 0 Å². The number of hydrogen-bond donors (Lipinski definition) is 1. The first-order chi connectivity index (χ1) is 8.62. The van der Waals surface area contributed by atoms with E-state index in [-0.39, 0.29) is 6.10 Å². The van der Waals surface area contributed by atoms with Gasteiger partial charge in [0, 0.05) is 5.56 Å². The maximum Gasteiger partial charge on any atom is 0.314 e. The summed E-state index contributed by atoms with van der Waals surface area (Å²) in [5, 5.41) is 9.42. The van der Waals surface area contributed by atoms with Crippen molar-refractivity contribution in [3.05, 3.63) is 29.6 Å². The Morgan fingerprint density at radius 1 is 1.39 bits per heavy atom. The first-order valence-electron chi connectivity index (χ1n) is 6.32. The molecule has 1 aromatic carbocycles. The van der Waals surface area contributed by atoms with Gasteiger partial charge in [-0.15, -0.1) is 0 Å². The fraction of sp³-hybridized carbons (Fsp3) is 0.500. The summed E-state index contributed by atoms with van der Waals surface area (Å²) >= 11 is 0. The van der Waals surface area contributed by atoms with Gasteiger partial charge in [0.1, 0.15) is 11.6 Å². The van der Waals surface area contributed by atoms with Crippen molar-refractivity contribution in [1.82, 2.24) is 0 Å². The van der Waals surface area contributed by atoms with E-state index in [1.54, 1.807) is 6.07 Å². The summed E-state index contributed by atoms with van der Waals surface area (Å²) in [7, 11) is 0. The molecule has 0 aliphatic heterocycles. The summed E-state index contributed by atoms with van der Waals surface area (Å²) in [6.07, 6.45) is 4.17. The van der Waals surface area contributed by atoms with Gasteiger partial charge in [-0.3, -0.25) is 4.79 Å². The zero-order chi connectivity index (χ0) is 12.8. The smallest absolute Gasteiger partial charge is 0.314 e. The lowest BCUT2D eigenvalue weighted by Crippen LogP contribution is -2.42. The van der Waals surface area contributed by atoms with Crippen molar-refractivity contribution >= 4 is 5.97 Å². The highest BCUT2D eigenvalue weighted by Crippen LogP contribution is 2.48. The molecule has 0 radical (unpaired) electrons. The van der Waals surface area contributed by atoms with Crippen molar-refractivity contribution in [2.24, 2.45) is 0 Å². The third kappa shape index (κ3) is 1.76. The van der Waals surface area contributed by atoms with Crippen LogP contribution in [0.25, 0.3) is 0 Å². The molecule has 0 bridgehead atoms. The molecule has 0 unspecified atom stereocenters. The normalized spacial score (nSPS) is 21.2. The van der Waals surface area contributed by atoms with Gasteiger partial charge in [-0.05, 0) is 43.9 Å². The molecular weight excluding hydrogens is 235 g/mol. The number of carboxylic acids is 1. The van der Waals surface area contributed by atoms with Gasteiger partial charge in [0.05, 0.1) is 11.5 Å². The molecule has 2 fully saturated rings. The quantitative estimate of drug-likeness (QED) is 0.893. The first-order valence-corrected chi connectivity index (χ1v) is 6.32. The molecule has 2 aliphatic carbocycles. The van der Waals surface area contributed by atoms with Gasteiger partial charge in [-0.2, -0.15) is 0 Å². The Morgan fingerprint density at radius 2 is 2.11 bits per heavy atom.